The van der Waals surface area contributed by atoms with E-state index in [1.807, 2.05) is 0 Å². The molecule has 208 valence electrons. The van der Waals surface area contributed by atoms with Crippen molar-refractivity contribution in [2.24, 2.45) is 65.1 Å². The molecule has 0 heterocycles. The van der Waals surface area contributed by atoms with Crippen molar-refractivity contribution in [3.63, 3.8) is 0 Å². The van der Waals surface area contributed by atoms with E-state index in [1.54, 1.807) is 0 Å². The molecule has 0 amide bonds. The summed E-state index contributed by atoms with van der Waals surface area (Å²) in [5.41, 5.74) is 0. The number of terminal acetylenes is 1. The normalized spacial score (nSPS) is 41.1. The van der Waals surface area contributed by atoms with Gasteiger partial charge in [-0.3, -0.25) is 0 Å². The van der Waals surface area contributed by atoms with E-state index in [4.69, 9.17) is 19.1 Å². The zero-order chi connectivity index (χ0) is 25.8. The van der Waals surface area contributed by atoms with Gasteiger partial charge >= 0.3 is 0 Å². The number of fused-ring (bicyclic) bond motifs is 1. The molecule has 5 aliphatic carbocycles. The predicted octanol–water partition coefficient (Wildman–Crippen LogP) is 10.4. The molecule has 37 heavy (non-hydrogen) atoms. The summed E-state index contributed by atoms with van der Waals surface area (Å²) in [6.45, 7) is 7.22. The van der Waals surface area contributed by atoms with Gasteiger partial charge in [-0.25, -0.2) is 0 Å². The predicted molar refractivity (Wildman–Crippen MR) is 164 cm³/mol. The van der Waals surface area contributed by atoms with Crippen molar-refractivity contribution >= 4 is 12.6 Å². The number of thiol groups is 1. The van der Waals surface area contributed by atoms with E-state index in [9.17, 15) is 0 Å². The molecule has 0 saturated heterocycles. The highest BCUT2D eigenvalue weighted by molar-refractivity contribution is 7.81. The second-order valence-electron chi connectivity index (χ2n) is 14.4. The maximum atomic E-state index is 5.75. The van der Waals surface area contributed by atoms with E-state index in [0.29, 0.717) is 11.2 Å². The van der Waals surface area contributed by atoms with Gasteiger partial charge in [-0.1, -0.05) is 109 Å². The summed E-state index contributed by atoms with van der Waals surface area (Å²) in [5.74, 6) is 12.6. The lowest BCUT2D eigenvalue weighted by atomic mass is 9.51. The molecule has 0 nitrogen and oxygen atoms in total. The van der Waals surface area contributed by atoms with Crippen molar-refractivity contribution in [2.75, 3.05) is 0 Å². The Balaban J connectivity index is 1.48. The molecule has 0 spiro atoms. The van der Waals surface area contributed by atoms with Gasteiger partial charge in [0.25, 0.3) is 0 Å². The Kier molecular flexibility index (Phi) is 10.2. The third-order valence-electron chi connectivity index (χ3n) is 12.8. The van der Waals surface area contributed by atoms with Crippen molar-refractivity contribution in [3.05, 3.63) is 12.7 Å². The van der Waals surface area contributed by atoms with Crippen LogP contribution in [0.15, 0.2) is 12.7 Å². The highest BCUT2D eigenvalue weighted by Crippen LogP contribution is 2.64. The summed E-state index contributed by atoms with van der Waals surface area (Å²) in [7, 11) is 0. The van der Waals surface area contributed by atoms with Gasteiger partial charge in [0.1, 0.15) is 0 Å². The van der Waals surface area contributed by atoms with Gasteiger partial charge in [0.05, 0.1) is 0 Å². The first-order valence-corrected chi connectivity index (χ1v) is 17.4. The molecule has 0 aromatic heterocycles. The zero-order valence-electron chi connectivity index (χ0n) is 24.2. The molecule has 5 rings (SSSR count). The molecule has 0 radical (unpaired) electrons. The summed E-state index contributed by atoms with van der Waals surface area (Å²) in [4.78, 5) is 0. The smallest absolute Gasteiger partial charge is 0.0116 e. The Labute approximate surface area is 236 Å². The van der Waals surface area contributed by atoms with Crippen molar-refractivity contribution in [3.8, 4) is 12.3 Å². The topological polar surface area (TPSA) is 0 Å². The van der Waals surface area contributed by atoms with E-state index in [1.165, 1.54) is 116 Å². The number of hydrogen-bond acceptors (Lipinski definition) is 1. The van der Waals surface area contributed by atoms with Crippen LogP contribution in [0.2, 0.25) is 0 Å². The fraction of sp³-hybridized carbons (Fsp3) is 0.889. The van der Waals surface area contributed by atoms with Gasteiger partial charge in [-0.05, 0) is 84.4 Å². The lowest BCUT2D eigenvalue weighted by Crippen LogP contribution is -2.47. The molecule has 0 bridgehead atoms. The third-order valence-corrected chi connectivity index (χ3v) is 13.5. The Morgan fingerprint density at radius 1 is 0.838 bits per heavy atom. The highest BCUT2D eigenvalue weighted by Gasteiger charge is 2.59. The summed E-state index contributed by atoms with van der Waals surface area (Å²) >= 11 is 5.56. The van der Waals surface area contributed by atoms with Crippen molar-refractivity contribution in [1.29, 1.82) is 0 Å². The first-order valence-electron chi connectivity index (χ1n) is 16.9. The lowest BCUT2D eigenvalue weighted by molar-refractivity contribution is -0.0502. The second-order valence-corrected chi connectivity index (χ2v) is 15.0. The minimum absolute atomic E-state index is 0.504. The molecule has 5 aliphatic rings. The Hall–Kier alpha value is -0.350. The average molecular weight is 523 g/mol. The van der Waals surface area contributed by atoms with Gasteiger partial charge in [0, 0.05) is 11.7 Å². The van der Waals surface area contributed by atoms with E-state index in [2.05, 4.69) is 25.5 Å². The SMILES string of the molecule is C#CCCCC(C1CCCCC1)C1C(S)C(C=C)C2CC(C3CCCCC3)C(C3CCCCC3)C(C)C21. The molecule has 1 heteroatoms. The average Bonchev–Trinajstić information content (AvgIpc) is 3.23. The number of rotatable bonds is 8. The van der Waals surface area contributed by atoms with Crippen LogP contribution in [0.1, 0.15) is 129 Å². The summed E-state index contributed by atoms with van der Waals surface area (Å²) in [6, 6.07) is 0. The molecule has 0 aromatic carbocycles. The number of unbranched alkanes of at least 4 members (excludes halogenated alkanes) is 1. The fourth-order valence-corrected chi connectivity index (χ4v) is 12.2. The van der Waals surface area contributed by atoms with Crippen LogP contribution >= 0.6 is 12.6 Å². The van der Waals surface area contributed by atoms with E-state index in [0.717, 1.165) is 65.6 Å². The Morgan fingerprint density at radius 2 is 1.43 bits per heavy atom. The molecule has 5 saturated carbocycles. The first kappa shape index (κ1) is 28.2. The Bertz CT molecular complexity index is 745. The van der Waals surface area contributed by atoms with Crippen LogP contribution in [0.3, 0.4) is 0 Å². The van der Waals surface area contributed by atoms with Gasteiger partial charge in [-0.2, -0.15) is 12.6 Å². The molecular weight excluding hydrogens is 464 g/mol. The minimum atomic E-state index is 0.504. The number of allylic oxidation sites excluding steroid dienone is 1. The van der Waals surface area contributed by atoms with Gasteiger partial charge < -0.3 is 0 Å². The quantitative estimate of drug-likeness (QED) is 0.139. The lowest BCUT2D eigenvalue weighted by Gasteiger charge is -2.54. The van der Waals surface area contributed by atoms with E-state index in [-0.39, 0.29) is 0 Å². The van der Waals surface area contributed by atoms with Crippen molar-refractivity contribution in [1.82, 2.24) is 0 Å². The van der Waals surface area contributed by atoms with E-state index >= 15 is 0 Å². The maximum Gasteiger partial charge on any atom is 0.0116 e. The second kappa shape index (κ2) is 13.3. The Morgan fingerprint density at radius 3 is 2.03 bits per heavy atom. The summed E-state index contributed by atoms with van der Waals surface area (Å²) in [6.07, 6.45) is 35.4. The van der Waals surface area contributed by atoms with Crippen LogP contribution in [0.25, 0.3) is 0 Å². The molecule has 5 fully saturated rings. The standard InChI is InChI=1S/C36H58S/c1-4-6-10-23-30(26-17-11-7-12-18-26)35-34-25(3)33(28-21-15-9-16-22-28)31(27-19-13-8-14-20-27)24-32(34)29(5-2)36(35)37/h1,5,25-37H,2,6-24H2,3H3. The van der Waals surface area contributed by atoms with Crippen LogP contribution in [0, 0.1) is 77.4 Å². The van der Waals surface area contributed by atoms with Crippen molar-refractivity contribution in [2.45, 2.75) is 134 Å². The van der Waals surface area contributed by atoms with Crippen LogP contribution in [-0.2, 0) is 0 Å². The third kappa shape index (κ3) is 5.91. The highest BCUT2D eigenvalue weighted by atomic mass is 32.1. The summed E-state index contributed by atoms with van der Waals surface area (Å²) in [5, 5.41) is 0.504. The molecule has 0 aromatic rings. The van der Waals surface area contributed by atoms with Gasteiger partial charge in [0.2, 0.25) is 0 Å². The van der Waals surface area contributed by atoms with Crippen LogP contribution in [0.4, 0.5) is 0 Å². The van der Waals surface area contributed by atoms with Crippen LogP contribution < -0.4 is 0 Å². The molecule has 0 aliphatic heterocycles. The minimum Gasteiger partial charge on any atom is -0.175 e. The van der Waals surface area contributed by atoms with Crippen molar-refractivity contribution < 1.29 is 0 Å². The van der Waals surface area contributed by atoms with E-state index < -0.39 is 0 Å². The summed E-state index contributed by atoms with van der Waals surface area (Å²) < 4.78 is 0. The zero-order valence-corrected chi connectivity index (χ0v) is 25.1. The molecule has 9 unspecified atom stereocenters. The monoisotopic (exact) mass is 522 g/mol. The maximum absolute atomic E-state index is 5.75. The fourth-order valence-electron chi connectivity index (χ4n) is 11.4. The molecule has 0 N–H and O–H groups in total. The molecule has 9 atom stereocenters. The number of hydrogen-bond donors (Lipinski definition) is 1. The first-order chi connectivity index (χ1) is 18.2. The van der Waals surface area contributed by atoms with Gasteiger partial charge in [0.15, 0.2) is 0 Å². The van der Waals surface area contributed by atoms with Crippen LogP contribution in [0.5, 0.6) is 0 Å². The van der Waals surface area contributed by atoms with Gasteiger partial charge in [-0.15, -0.1) is 18.9 Å². The molecular formula is C36H58S. The largest absolute Gasteiger partial charge is 0.175 e. The van der Waals surface area contributed by atoms with Crippen LogP contribution in [-0.4, -0.2) is 5.25 Å².